The van der Waals surface area contributed by atoms with Gasteiger partial charge < -0.3 is 5.11 Å². The van der Waals surface area contributed by atoms with Crippen LogP contribution in [0.4, 0.5) is 4.39 Å². The average Bonchev–Trinajstić information content (AvgIpc) is 2.55. The van der Waals surface area contributed by atoms with Crippen LogP contribution < -0.4 is 0 Å². The minimum Gasteiger partial charge on any atom is -0.480 e. The molecular formula is C12H10BrFN2O2. The van der Waals surface area contributed by atoms with Gasteiger partial charge in [0.15, 0.2) is 0 Å². The number of nitrogens with zero attached hydrogens (tertiary/aromatic N) is 2. The standard InChI is InChI=1S/C12H10BrFN2O2/c1-7-11(13)12(16(15-7)6-10(17)18)8-2-4-9(14)5-3-8/h2-5H,6H2,1H3,(H,17,18). The van der Waals surface area contributed by atoms with Crippen LogP contribution in [0.1, 0.15) is 5.69 Å². The smallest absolute Gasteiger partial charge is 0.325 e. The maximum Gasteiger partial charge on any atom is 0.325 e. The van der Waals surface area contributed by atoms with Crippen molar-refractivity contribution in [1.82, 2.24) is 9.78 Å². The molecule has 0 aliphatic heterocycles. The summed E-state index contributed by atoms with van der Waals surface area (Å²) in [4.78, 5) is 10.8. The van der Waals surface area contributed by atoms with E-state index in [9.17, 15) is 9.18 Å². The Hall–Kier alpha value is -1.69. The van der Waals surface area contributed by atoms with Crippen molar-refractivity contribution in [3.63, 3.8) is 0 Å². The minimum absolute atomic E-state index is 0.237. The van der Waals surface area contributed by atoms with E-state index in [4.69, 9.17) is 5.11 Å². The Labute approximate surface area is 111 Å². The van der Waals surface area contributed by atoms with Gasteiger partial charge in [0.1, 0.15) is 12.4 Å². The zero-order valence-electron chi connectivity index (χ0n) is 9.52. The second-order valence-corrected chi connectivity index (χ2v) is 4.60. The number of aliphatic carboxylic acids is 1. The first-order valence-electron chi connectivity index (χ1n) is 5.19. The largest absolute Gasteiger partial charge is 0.480 e. The Morgan fingerprint density at radius 3 is 2.61 bits per heavy atom. The van der Waals surface area contributed by atoms with Crippen LogP contribution in [0.3, 0.4) is 0 Å². The molecule has 0 amide bonds. The predicted octanol–water partition coefficient (Wildman–Crippen LogP) is 2.84. The molecular weight excluding hydrogens is 303 g/mol. The molecule has 0 radical (unpaired) electrons. The van der Waals surface area contributed by atoms with Crippen molar-refractivity contribution in [2.45, 2.75) is 13.5 Å². The Morgan fingerprint density at radius 1 is 1.44 bits per heavy atom. The summed E-state index contributed by atoms with van der Waals surface area (Å²) >= 11 is 3.38. The molecule has 0 aliphatic carbocycles. The third kappa shape index (κ3) is 2.43. The normalized spacial score (nSPS) is 10.6. The van der Waals surface area contributed by atoms with Gasteiger partial charge in [-0.3, -0.25) is 9.48 Å². The van der Waals surface area contributed by atoms with Crippen LogP contribution in [-0.4, -0.2) is 20.9 Å². The zero-order chi connectivity index (χ0) is 13.3. The summed E-state index contributed by atoms with van der Waals surface area (Å²) < 4.78 is 15.0. The number of carboxylic acids is 1. The second kappa shape index (κ2) is 4.89. The van der Waals surface area contributed by atoms with E-state index in [-0.39, 0.29) is 12.4 Å². The highest BCUT2D eigenvalue weighted by Gasteiger charge is 2.16. The van der Waals surface area contributed by atoms with Crippen molar-refractivity contribution < 1.29 is 14.3 Å². The Morgan fingerprint density at radius 2 is 2.06 bits per heavy atom. The lowest BCUT2D eigenvalue weighted by Gasteiger charge is -2.05. The fourth-order valence-electron chi connectivity index (χ4n) is 1.69. The maximum absolute atomic E-state index is 12.9. The van der Waals surface area contributed by atoms with Crippen molar-refractivity contribution in [2.24, 2.45) is 0 Å². The van der Waals surface area contributed by atoms with Gasteiger partial charge in [0.25, 0.3) is 0 Å². The number of carboxylic acid groups (broad SMARTS) is 1. The van der Waals surface area contributed by atoms with Crippen LogP contribution in [0.15, 0.2) is 28.7 Å². The van der Waals surface area contributed by atoms with Gasteiger partial charge in [-0.15, -0.1) is 0 Å². The van der Waals surface area contributed by atoms with Crippen molar-refractivity contribution in [3.8, 4) is 11.3 Å². The number of halogens is 2. The van der Waals surface area contributed by atoms with Gasteiger partial charge in [-0.05, 0) is 47.1 Å². The van der Waals surface area contributed by atoms with Crippen LogP contribution in [0, 0.1) is 12.7 Å². The van der Waals surface area contributed by atoms with E-state index in [2.05, 4.69) is 21.0 Å². The highest BCUT2D eigenvalue weighted by molar-refractivity contribution is 9.10. The topological polar surface area (TPSA) is 55.1 Å². The molecule has 0 unspecified atom stereocenters. The van der Waals surface area contributed by atoms with E-state index in [1.54, 1.807) is 19.1 Å². The molecule has 0 fully saturated rings. The molecule has 4 nitrogen and oxygen atoms in total. The Balaban J connectivity index is 2.54. The number of rotatable bonds is 3. The van der Waals surface area contributed by atoms with Crippen LogP contribution in [-0.2, 0) is 11.3 Å². The molecule has 1 aromatic carbocycles. The third-order valence-corrected chi connectivity index (χ3v) is 3.41. The number of carbonyl (C=O) groups is 1. The van der Waals surface area contributed by atoms with E-state index >= 15 is 0 Å². The molecule has 18 heavy (non-hydrogen) atoms. The molecule has 1 N–H and O–H groups in total. The molecule has 0 saturated heterocycles. The summed E-state index contributed by atoms with van der Waals surface area (Å²) in [5, 5.41) is 13.0. The Kier molecular flexibility index (Phi) is 3.47. The highest BCUT2D eigenvalue weighted by atomic mass is 79.9. The summed E-state index contributed by atoms with van der Waals surface area (Å²) in [7, 11) is 0. The van der Waals surface area contributed by atoms with E-state index in [1.165, 1.54) is 16.8 Å². The van der Waals surface area contributed by atoms with Crippen LogP contribution in [0.5, 0.6) is 0 Å². The van der Waals surface area contributed by atoms with Crippen molar-refractivity contribution >= 4 is 21.9 Å². The summed E-state index contributed by atoms with van der Waals surface area (Å²) in [5.41, 5.74) is 2.04. The van der Waals surface area contributed by atoms with Crippen molar-refractivity contribution in [3.05, 3.63) is 40.2 Å². The SMILES string of the molecule is Cc1nn(CC(=O)O)c(-c2ccc(F)cc2)c1Br. The molecule has 0 atom stereocenters. The van der Waals surface area contributed by atoms with E-state index in [0.29, 0.717) is 17.0 Å². The van der Waals surface area contributed by atoms with Gasteiger partial charge in [-0.25, -0.2) is 4.39 Å². The van der Waals surface area contributed by atoms with E-state index < -0.39 is 5.97 Å². The van der Waals surface area contributed by atoms with Crippen LogP contribution in [0.25, 0.3) is 11.3 Å². The number of hydrogen-bond donors (Lipinski definition) is 1. The lowest BCUT2D eigenvalue weighted by molar-refractivity contribution is -0.137. The second-order valence-electron chi connectivity index (χ2n) is 3.81. The van der Waals surface area contributed by atoms with Gasteiger partial charge >= 0.3 is 5.97 Å². The number of benzene rings is 1. The molecule has 2 rings (SSSR count). The van der Waals surface area contributed by atoms with Gasteiger partial charge in [0.2, 0.25) is 0 Å². The monoisotopic (exact) mass is 312 g/mol. The van der Waals surface area contributed by atoms with Crippen molar-refractivity contribution in [2.75, 3.05) is 0 Å². The fraction of sp³-hybridized carbons (Fsp3) is 0.167. The van der Waals surface area contributed by atoms with Crippen LogP contribution in [0.2, 0.25) is 0 Å². The zero-order valence-corrected chi connectivity index (χ0v) is 11.1. The molecule has 1 aromatic heterocycles. The summed E-state index contributed by atoms with van der Waals surface area (Å²) in [5.74, 6) is -1.32. The van der Waals surface area contributed by atoms with Gasteiger partial charge in [-0.1, -0.05) is 0 Å². The summed E-state index contributed by atoms with van der Waals surface area (Å²) in [6, 6.07) is 5.84. The molecule has 6 heteroatoms. The van der Waals surface area contributed by atoms with Gasteiger partial charge in [0, 0.05) is 5.56 Å². The first-order chi connectivity index (χ1) is 8.49. The lowest BCUT2D eigenvalue weighted by Crippen LogP contribution is -2.11. The predicted molar refractivity (Wildman–Crippen MR) is 67.7 cm³/mol. The molecule has 1 heterocycles. The summed E-state index contributed by atoms with van der Waals surface area (Å²) in [6.45, 7) is 1.54. The molecule has 0 aliphatic rings. The van der Waals surface area contributed by atoms with Crippen LogP contribution >= 0.6 is 15.9 Å². The lowest BCUT2D eigenvalue weighted by atomic mass is 10.1. The molecule has 0 saturated carbocycles. The third-order valence-electron chi connectivity index (χ3n) is 2.46. The number of hydrogen-bond acceptors (Lipinski definition) is 2. The maximum atomic E-state index is 12.9. The van der Waals surface area contributed by atoms with E-state index in [0.717, 1.165) is 4.47 Å². The molecule has 0 spiro atoms. The number of aryl methyl sites for hydroxylation is 1. The average molecular weight is 313 g/mol. The van der Waals surface area contributed by atoms with E-state index in [1.807, 2.05) is 0 Å². The highest BCUT2D eigenvalue weighted by Crippen LogP contribution is 2.30. The molecule has 94 valence electrons. The van der Waals surface area contributed by atoms with Gasteiger partial charge in [-0.2, -0.15) is 5.10 Å². The fourth-order valence-corrected chi connectivity index (χ4v) is 2.20. The first kappa shape index (κ1) is 12.8. The first-order valence-corrected chi connectivity index (χ1v) is 5.99. The quantitative estimate of drug-likeness (QED) is 0.948. The summed E-state index contributed by atoms with van der Waals surface area (Å²) in [6.07, 6.45) is 0. The molecule has 2 aromatic rings. The molecule has 0 bridgehead atoms. The minimum atomic E-state index is -0.978. The number of aromatic nitrogens is 2. The Bertz CT molecular complexity index is 593. The van der Waals surface area contributed by atoms with Gasteiger partial charge in [0.05, 0.1) is 15.9 Å². The van der Waals surface area contributed by atoms with Crippen molar-refractivity contribution in [1.29, 1.82) is 0 Å².